The molecule has 0 bridgehead atoms. The molecular formula is C17H24N6O. The van der Waals surface area contributed by atoms with Gasteiger partial charge in [0.2, 0.25) is 5.65 Å². The van der Waals surface area contributed by atoms with Crippen LogP contribution in [0, 0.1) is 0 Å². The molecule has 0 aromatic carbocycles. The van der Waals surface area contributed by atoms with Gasteiger partial charge in [0.25, 0.3) is 0 Å². The smallest absolute Gasteiger partial charge is 0.200 e. The molecule has 128 valence electrons. The number of fused-ring (bicyclic) bond motifs is 1. The number of aromatic nitrogens is 4. The molecule has 5 rings (SSSR count). The number of nitrogens with zero attached hydrogens (tertiary/aromatic N) is 5. The van der Waals surface area contributed by atoms with Crippen LogP contribution in [-0.2, 0) is 4.74 Å². The molecule has 3 aliphatic rings. The van der Waals surface area contributed by atoms with Crippen molar-refractivity contribution in [3.63, 3.8) is 0 Å². The van der Waals surface area contributed by atoms with E-state index in [1.54, 1.807) is 6.33 Å². The van der Waals surface area contributed by atoms with E-state index in [9.17, 15) is 0 Å². The van der Waals surface area contributed by atoms with Gasteiger partial charge in [0.15, 0.2) is 0 Å². The molecule has 2 aromatic heterocycles. The van der Waals surface area contributed by atoms with Crippen LogP contribution in [-0.4, -0.2) is 63.1 Å². The standard InChI is InChI=1S/C17H24N6O/c1-2-6-22(7-3-1)16-10-24-9-15(16)19-14-8-13(12-4-5-12)21-23-11-18-20-17(14)23/h8,11-12,15-16,19H,1-7,9-10H2/t15-,16-/m0/s1. The van der Waals surface area contributed by atoms with Gasteiger partial charge in [-0.3, -0.25) is 4.90 Å². The van der Waals surface area contributed by atoms with Gasteiger partial charge in [-0.2, -0.15) is 9.61 Å². The van der Waals surface area contributed by atoms with E-state index in [0.29, 0.717) is 18.0 Å². The predicted molar refractivity (Wildman–Crippen MR) is 90.2 cm³/mol. The summed E-state index contributed by atoms with van der Waals surface area (Å²) in [5.74, 6) is 0.607. The molecule has 2 saturated heterocycles. The van der Waals surface area contributed by atoms with Crippen LogP contribution in [0.15, 0.2) is 12.4 Å². The second-order valence-corrected chi connectivity index (χ2v) is 7.31. The second-order valence-electron chi connectivity index (χ2n) is 7.31. The van der Waals surface area contributed by atoms with E-state index in [1.165, 1.54) is 45.2 Å². The number of piperidine rings is 1. The molecule has 1 N–H and O–H groups in total. The van der Waals surface area contributed by atoms with Crippen LogP contribution in [0.4, 0.5) is 5.69 Å². The summed E-state index contributed by atoms with van der Waals surface area (Å²) in [5, 5.41) is 16.6. The summed E-state index contributed by atoms with van der Waals surface area (Å²) >= 11 is 0. The predicted octanol–water partition coefficient (Wildman–Crippen LogP) is 1.67. The molecule has 3 fully saturated rings. The Kier molecular flexibility index (Phi) is 3.63. The van der Waals surface area contributed by atoms with Gasteiger partial charge in [0, 0.05) is 5.92 Å². The van der Waals surface area contributed by atoms with Crippen LogP contribution in [0.2, 0.25) is 0 Å². The second kappa shape index (κ2) is 5.97. The van der Waals surface area contributed by atoms with Crippen LogP contribution in [0.25, 0.3) is 5.65 Å². The fraction of sp³-hybridized carbons (Fsp3) is 0.706. The SMILES string of the molecule is c1c(C2CC2)nn2cnnc2c1N[C@H]1COC[C@@H]1N1CCCCC1. The highest BCUT2D eigenvalue weighted by molar-refractivity contribution is 5.67. The summed E-state index contributed by atoms with van der Waals surface area (Å²) in [7, 11) is 0. The number of anilines is 1. The van der Waals surface area contributed by atoms with E-state index < -0.39 is 0 Å². The third kappa shape index (κ3) is 2.65. The third-order valence-electron chi connectivity index (χ3n) is 5.53. The molecule has 2 atom stereocenters. The average Bonchev–Trinajstić information content (AvgIpc) is 3.18. The molecular weight excluding hydrogens is 304 g/mol. The van der Waals surface area contributed by atoms with Crippen molar-refractivity contribution in [2.75, 3.05) is 31.6 Å². The van der Waals surface area contributed by atoms with Gasteiger partial charge >= 0.3 is 0 Å². The molecule has 1 saturated carbocycles. The van der Waals surface area contributed by atoms with Gasteiger partial charge in [-0.15, -0.1) is 10.2 Å². The van der Waals surface area contributed by atoms with Gasteiger partial charge in [0.1, 0.15) is 6.33 Å². The Balaban J connectivity index is 1.41. The molecule has 0 radical (unpaired) electrons. The van der Waals surface area contributed by atoms with Gasteiger partial charge in [-0.1, -0.05) is 6.42 Å². The fourth-order valence-electron chi connectivity index (χ4n) is 4.02. The third-order valence-corrected chi connectivity index (χ3v) is 5.53. The molecule has 0 spiro atoms. The van der Waals surface area contributed by atoms with E-state index in [0.717, 1.165) is 30.2 Å². The van der Waals surface area contributed by atoms with E-state index in [2.05, 4.69) is 31.6 Å². The summed E-state index contributed by atoms with van der Waals surface area (Å²) in [5.41, 5.74) is 3.00. The minimum absolute atomic E-state index is 0.304. The molecule has 7 heteroatoms. The number of hydrogen-bond acceptors (Lipinski definition) is 6. The summed E-state index contributed by atoms with van der Waals surface area (Å²) in [6.45, 7) is 3.95. The van der Waals surface area contributed by atoms with Crippen molar-refractivity contribution in [3.8, 4) is 0 Å². The van der Waals surface area contributed by atoms with Crippen molar-refractivity contribution in [1.29, 1.82) is 0 Å². The van der Waals surface area contributed by atoms with Crippen molar-refractivity contribution in [3.05, 3.63) is 18.1 Å². The first-order valence-electron chi connectivity index (χ1n) is 9.18. The first kappa shape index (κ1) is 14.6. The minimum atomic E-state index is 0.304. The maximum Gasteiger partial charge on any atom is 0.200 e. The fourth-order valence-corrected chi connectivity index (χ4v) is 4.02. The van der Waals surface area contributed by atoms with Crippen molar-refractivity contribution in [2.24, 2.45) is 0 Å². The number of rotatable bonds is 4. The summed E-state index contributed by atoms with van der Waals surface area (Å²) in [6.07, 6.45) is 8.14. The average molecular weight is 328 g/mol. The molecule has 2 aliphatic heterocycles. The molecule has 1 aliphatic carbocycles. The van der Waals surface area contributed by atoms with E-state index >= 15 is 0 Å². The number of likely N-dealkylation sites (tertiary alicyclic amines) is 1. The first-order valence-corrected chi connectivity index (χ1v) is 9.18. The van der Waals surface area contributed by atoms with Gasteiger partial charge in [-0.25, -0.2) is 0 Å². The van der Waals surface area contributed by atoms with Crippen LogP contribution >= 0.6 is 0 Å². The Hall–Kier alpha value is -1.73. The first-order chi connectivity index (χ1) is 11.9. The maximum atomic E-state index is 5.82. The quantitative estimate of drug-likeness (QED) is 0.921. The molecule has 2 aromatic rings. The molecule has 0 unspecified atom stereocenters. The number of nitrogens with one attached hydrogen (secondary N) is 1. The lowest BCUT2D eigenvalue weighted by atomic mass is 10.0. The zero-order valence-corrected chi connectivity index (χ0v) is 13.9. The Labute approximate surface area is 141 Å². The highest BCUT2D eigenvalue weighted by Gasteiger charge is 2.34. The molecule has 7 nitrogen and oxygen atoms in total. The minimum Gasteiger partial charge on any atom is -0.378 e. The van der Waals surface area contributed by atoms with Crippen LogP contribution in [0.1, 0.15) is 43.7 Å². The molecule has 0 amide bonds. The van der Waals surface area contributed by atoms with E-state index in [1.807, 2.05) is 4.52 Å². The van der Waals surface area contributed by atoms with Crippen LogP contribution < -0.4 is 5.32 Å². The Bertz CT molecular complexity index is 721. The lowest BCUT2D eigenvalue weighted by molar-refractivity contribution is 0.127. The maximum absolute atomic E-state index is 5.82. The normalized spacial score (nSPS) is 28.5. The summed E-state index contributed by atoms with van der Waals surface area (Å²) < 4.78 is 7.62. The zero-order valence-electron chi connectivity index (χ0n) is 13.9. The van der Waals surface area contributed by atoms with Crippen molar-refractivity contribution in [2.45, 2.75) is 50.1 Å². The van der Waals surface area contributed by atoms with Gasteiger partial charge < -0.3 is 10.1 Å². The largest absolute Gasteiger partial charge is 0.378 e. The molecule has 24 heavy (non-hydrogen) atoms. The summed E-state index contributed by atoms with van der Waals surface area (Å²) in [6, 6.07) is 2.93. The van der Waals surface area contributed by atoms with Crippen LogP contribution in [0.3, 0.4) is 0 Å². The highest BCUT2D eigenvalue weighted by atomic mass is 16.5. The van der Waals surface area contributed by atoms with Crippen molar-refractivity contribution < 1.29 is 4.74 Å². The van der Waals surface area contributed by atoms with E-state index in [-0.39, 0.29) is 0 Å². The monoisotopic (exact) mass is 328 g/mol. The summed E-state index contributed by atoms with van der Waals surface area (Å²) in [4.78, 5) is 2.60. The lowest BCUT2D eigenvalue weighted by Gasteiger charge is -2.35. The number of ether oxygens (including phenoxy) is 1. The highest BCUT2D eigenvalue weighted by Crippen LogP contribution is 2.40. The zero-order chi connectivity index (χ0) is 15.9. The molecule has 4 heterocycles. The Morgan fingerprint density at radius 1 is 1.12 bits per heavy atom. The van der Waals surface area contributed by atoms with E-state index in [4.69, 9.17) is 4.74 Å². The Morgan fingerprint density at radius 2 is 2.00 bits per heavy atom. The topological polar surface area (TPSA) is 67.6 Å². The van der Waals surface area contributed by atoms with Gasteiger partial charge in [-0.05, 0) is 44.8 Å². The van der Waals surface area contributed by atoms with Crippen molar-refractivity contribution in [1.82, 2.24) is 24.7 Å². The number of hydrogen-bond donors (Lipinski definition) is 1. The van der Waals surface area contributed by atoms with Crippen LogP contribution in [0.5, 0.6) is 0 Å². The Morgan fingerprint density at radius 3 is 2.83 bits per heavy atom. The van der Waals surface area contributed by atoms with Crippen molar-refractivity contribution >= 4 is 11.3 Å². The van der Waals surface area contributed by atoms with Gasteiger partial charge in [0.05, 0.1) is 36.7 Å². The lowest BCUT2D eigenvalue weighted by Crippen LogP contribution is -2.48.